The third-order valence-electron chi connectivity index (χ3n) is 3.50. The van der Waals surface area contributed by atoms with Crippen LogP contribution in [0.2, 0.25) is 0 Å². The first-order chi connectivity index (χ1) is 8.37. The molecule has 0 bridgehead atoms. The fraction of sp³-hybridized carbons (Fsp3) is 0.692. The molecule has 0 spiro atoms. The second-order valence-electron chi connectivity index (χ2n) is 5.21. The summed E-state index contributed by atoms with van der Waals surface area (Å²) in [4.78, 5) is 15.6. The van der Waals surface area contributed by atoms with Gasteiger partial charge in [-0.2, -0.15) is 0 Å². The van der Waals surface area contributed by atoms with Crippen LogP contribution in [0.1, 0.15) is 48.9 Å². The quantitative estimate of drug-likeness (QED) is 0.778. The van der Waals surface area contributed by atoms with Gasteiger partial charge in [-0.15, -0.1) is 0 Å². The van der Waals surface area contributed by atoms with E-state index in [9.17, 15) is 13.6 Å². The topological polar surface area (TPSA) is 34.9 Å². The predicted molar refractivity (Wildman–Crippen MR) is 63.9 cm³/mol. The van der Waals surface area contributed by atoms with E-state index in [-0.39, 0.29) is 24.5 Å². The molecular formula is C13H18F2N2O. The summed E-state index contributed by atoms with van der Waals surface area (Å²) in [5.41, 5.74) is 0.793. The number of carbonyl (C=O) groups excluding carboxylic acids is 1. The van der Waals surface area contributed by atoms with Gasteiger partial charge in [0.15, 0.2) is 11.6 Å². The van der Waals surface area contributed by atoms with Crippen LogP contribution in [0.4, 0.5) is 8.78 Å². The minimum atomic E-state index is -2.50. The second kappa shape index (κ2) is 4.78. The Hall–Kier alpha value is -1.26. The Labute approximate surface area is 105 Å². The van der Waals surface area contributed by atoms with Crippen molar-refractivity contribution in [2.45, 2.75) is 52.0 Å². The molecule has 0 N–H and O–H groups in total. The van der Waals surface area contributed by atoms with Crippen LogP contribution in [-0.2, 0) is 6.54 Å². The van der Waals surface area contributed by atoms with Gasteiger partial charge >= 0.3 is 0 Å². The van der Waals surface area contributed by atoms with Gasteiger partial charge in [0, 0.05) is 32.5 Å². The van der Waals surface area contributed by atoms with Gasteiger partial charge in [-0.1, -0.05) is 0 Å². The number of hydrogen-bond donors (Lipinski definition) is 0. The van der Waals surface area contributed by atoms with Crippen molar-refractivity contribution < 1.29 is 13.6 Å². The van der Waals surface area contributed by atoms with Crippen LogP contribution in [-0.4, -0.2) is 21.3 Å². The zero-order valence-corrected chi connectivity index (χ0v) is 10.7. The van der Waals surface area contributed by atoms with E-state index < -0.39 is 5.92 Å². The Kier molecular flexibility index (Phi) is 3.50. The number of rotatable bonds is 3. The first-order valence-corrected chi connectivity index (χ1v) is 6.30. The number of Topliss-reactive ketones (excluding diaryl/α,β-unsaturated/α-hetero) is 1. The van der Waals surface area contributed by atoms with Crippen LogP contribution in [0.3, 0.4) is 0 Å². The lowest BCUT2D eigenvalue weighted by atomic mass is 9.87. The molecule has 0 atom stereocenters. The van der Waals surface area contributed by atoms with Gasteiger partial charge in [-0.25, -0.2) is 13.8 Å². The monoisotopic (exact) mass is 256 g/mol. The third kappa shape index (κ3) is 2.94. The van der Waals surface area contributed by atoms with Crippen LogP contribution in [0.15, 0.2) is 6.20 Å². The Bertz CT molecular complexity index is 444. The number of halogens is 2. The molecule has 18 heavy (non-hydrogen) atoms. The van der Waals surface area contributed by atoms with Crippen molar-refractivity contribution in [3.8, 4) is 0 Å². The zero-order valence-electron chi connectivity index (χ0n) is 10.7. The van der Waals surface area contributed by atoms with E-state index in [2.05, 4.69) is 4.98 Å². The van der Waals surface area contributed by atoms with Crippen molar-refractivity contribution >= 4 is 5.78 Å². The third-order valence-corrected chi connectivity index (χ3v) is 3.50. The van der Waals surface area contributed by atoms with Crippen LogP contribution in [0.25, 0.3) is 0 Å². The van der Waals surface area contributed by atoms with Gasteiger partial charge in [0.2, 0.25) is 5.92 Å². The smallest absolute Gasteiger partial charge is 0.248 e. The van der Waals surface area contributed by atoms with Gasteiger partial charge in [-0.3, -0.25) is 4.79 Å². The molecular weight excluding hydrogens is 238 g/mol. The molecule has 1 aliphatic rings. The Morgan fingerprint density at radius 2 is 2.11 bits per heavy atom. The Morgan fingerprint density at radius 1 is 1.50 bits per heavy atom. The second-order valence-corrected chi connectivity index (χ2v) is 5.21. The standard InChI is InChI=1S/C13H18F2N2O/c1-9-7-17(12(16-9)10(2)18)8-11-3-5-13(14,15)6-4-11/h7,11H,3-6,8H2,1-2H3. The normalized spacial score (nSPS) is 20.0. The fourth-order valence-electron chi connectivity index (χ4n) is 2.53. The van der Waals surface area contributed by atoms with Crippen molar-refractivity contribution in [3.05, 3.63) is 17.7 Å². The Morgan fingerprint density at radius 3 is 2.67 bits per heavy atom. The molecule has 2 rings (SSSR count). The van der Waals surface area contributed by atoms with Gasteiger partial charge < -0.3 is 4.57 Å². The predicted octanol–water partition coefficient (Wildman–Crippen LogP) is 3.22. The lowest BCUT2D eigenvalue weighted by Crippen LogP contribution is -2.27. The molecule has 0 aliphatic heterocycles. The highest BCUT2D eigenvalue weighted by Crippen LogP contribution is 2.36. The van der Waals surface area contributed by atoms with Gasteiger partial charge in [0.05, 0.1) is 5.69 Å². The summed E-state index contributed by atoms with van der Waals surface area (Å²) < 4.78 is 27.9. The lowest BCUT2D eigenvalue weighted by molar-refractivity contribution is -0.0473. The van der Waals surface area contributed by atoms with Crippen molar-refractivity contribution in [2.24, 2.45) is 5.92 Å². The molecule has 5 heteroatoms. The largest absolute Gasteiger partial charge is 0.328 e. The highest BCUT2D eigenvalue weighted by atomic mass is 19.3. The molecule has 0 aromatic carbocycles. The van der Waals surface area contributed by atoms with E-state index in [1.165, 1.54) is 6.92 Å². The summed E-state index contributed by atoms with van der Waals surface area (Å²) in [5.74, 6) is -1.92. The summed E-state index contributed by atoms with van der Waals surface area (Å²) in [7, 11) is 0. The maximum absolute atomic E-state index is 13.1. The summed E-state index contributed by atoms with van der Waals surface area (Å²) in [6, 6.07) is 0. The summed E-state index contributed by atoms with van der Waals surface area (Å²) >= 11 is 0. The van der Waals surface area contributed by atoms with E-state index >= 15 is 0 Å². The zero-order chi connectivity index (χ0) is 13.3. The molecule has 1 heterocycles. The first-order valence-electron chi connectivity index (χ1n) is 6.30. The summed E-state index contributed by atoms with van der Waals surface area (Å²) in [6.07, 6.45) is 2.77. The number of aromatic nitrogens is 2. The van der Waals surface area contributed by atoms with Crippen LogP contribution in [0, 0.1) is 12.8 Å². The minimum absolute atomic E-state index is 0.0409. The average Bonchev–Trinajstić information content (AvgIpc) is 2.63. The number of nitrogens with zero attached hydrogens (tertiary/aromatic N) is 2. The molecule has 0 saturated heterocycles. The molecule has 1 aromatic rings. The number of carbonyl (C=O) groups is 1. The summed E-state index contributed by atoms with van der Waals surface area (Å²) in [5, 5.41) is 0. The molecule has 1 saturated carbocycles. The molecule has 0 amide bonds. The molecule has 0 unspecified atom stereocenters. The number of alkyl halides is 2. The van der Waals surface area contributed by atoms with Crippen LogP contribution in [0.5, 0.6) is 0 Å². The van der Waals surface area contributed by atoms with Crippen molar-refractivity contribution in [1.29, 1.82) is 0 Å². The highest BCUT2D eigenvalue weighted by Gasteiger charge is 2.35. The van der Waals surface area contributed by atoms with E-state index in [1.54, 1.807) is 0 Å². The van der Waals surface area contributed by atoms with Crippen LogP contribution < -0.4 is 0 Å². The lowest BCUT2D eigenvalue weighted by Gasteiger charge is -2.28. The SMILES string of the molecule is CC(=O)c1nc(C)cn1CC1CCC(F)(F)CC1. The van der Waals surface area contributed by atoms with Gasteiger partial charge in [0.25, 0.3) is 0 Å². The highest BCUT2D eigenvalue weighted by molar-refractivity contribution is 5.90. The number of hydrogen-bond acceptors (Lipinski definition) is 2. The number of aryl methyl sites for hydroxylation is 1. The molecule has 0 radical (unpaired) electrons. The maximum atomic E-state index is 13.1. The van der Waals surface area contributed by atoms with Crippen molar-refractivity contribution in [1.82, 2.24) is 9.55 Å². The van der Waals surface area contributed by atoms with E-state index in [0.29, 0.717) is 25.2 Å². The van der Waals surface area contributed by atoms with Crippen LogP contribution >= 0.6 is 0 Å². The Balaban J connectivity index is 2.04. The molecule has 1 fully saturated rings. The van der Waals surface area contributed by atoms with Crippen molar-refractivity contribution in [2.75, 3.05) is 0 Å². The minimum Gasteiger partial charge on any atom is -0.328 e. The maximum Gasteiger partial charge on any atom is 0.248 e. The molecule has 1 aliphatic carbocycles. The molecule has 3 nitrogen and oxygen atoms in total. The fourth-order valence-corrected chi connectivity index (χ4v) is 2.53. The molecule has 1 aromatic heterocycles. The van der Waals surface area contributed by atoms with Gasteiger partial charge in [0.1, 0.15) is 0 Å². The van der Waals surface area contributed by atoms with E-state index in [1.807, 2.05) is 17.7 Å². The van der Waals surface area contributed by atoms with E-state index in [4.69, 9.17) is 0 Å². The van der Waals surface area contributed by atoms with E-state index in [0.717, 1.165) is 5.69 Å². The van der Waals surface area contributed by atoms with Gasteiger partial charge in [-0.05, 0) is 25.7 Å². The average molecular weight is 256 g/mol. The summed E-state index contributed by atoms with van der Waals surface area (Å²) in [6.45, 7) is 3.93. The first kappa shape index (κ1) is 13.2. The number of ketones is 1. The number of imidazole rings is 1. The molecule has 100 valence electrons. The van der Waals surface area contributed by atoms with Crippen molar-refractivity contribution in [3.63, 3.8) is 0 Å².